The maximum absolute atomic E-state index is 11.6. The van der Waals surface area contributed by atoms with Crippen molar-refractivity contribution in [3.8, 4) is 0 Å². The zero-order valence-electron chi connectivity index (χ0n) is 7.71. The fourth-order valence-corrected chi connectivity index (χ4v) is 1.85. The molecule has 2 aliphatic rings. The maximum atomic E-state index is 11.6. The van der Waals surface area contributed by atoms with Crippen molar-refractivity contribution < 1.29 is 9.53 Å². The molecule has 2 atom stereocenters. The van der Waals surface area contributed by atoms with Crippen LogP contribution in [-0.4, -0.2) is 38.3 Å². The third-order valence-electron chi connectivity index (χ3n) is 2.71. The third-order valence-corrected chi connectivity index (χ3v) is 2.71. The minimum atomic E-state index is 0.181. The number of rotatable bonds is 2. The Morgan fingerprint density at radius 2 is 2.38 bits per heavy atom. The minimum absolute atomic E-state index is 0.181. The largest absolute Gasteiger partial charge is 0.379 e. The van der Waals surface area contributed by atoms with Crippen molar-refractivity contribution in [3.05, 3.63) is 0 Å². The predicted molar refractivity (Wildman–Crippen MR) is 48.3 cm³/mol. The highest BCUT2D eigenvalue weighted by Crippen LogP contribution is 2.10. The van der Waals surface area contributed by atoms with Crippen LogP contribution in [0.3, 0.4) is 0 Å². The van der Waals surface area contributed by atoms with Crippen molar-refractivity contribution in [2.45, 2.75) is 18.9 Å². The first-order chi connectivity index (χ1) is 6.36. The molecule has 4 nitrogen and oxygen atoms in total. The van der Waals surface area contributed by atoms with E-state index < -0.39 is 0 Å². The Balaban J connectivity index is 1.76. The van der Waals surface area contributed by atoms with E-state index in [0.717, 1.165) is 32.5 Å². The second-order valence-electron chi connectivity index (χ2n) is 3.76. The van der Waals surface area contributed by atoms with E-state index in [1.165, 1.54) is 0 Å². The van der Waals surface area contributed by atoms with Gasteiger partial charge < -0.3 is 15.4 Å². The highest BCUT2D eigenvalue weighted by Gasteiger charge is 2.25. The van der Waals surface area contributed by atoms with Gasteiger partial charge in [0.1, 0.15) is 0 Å². The Hall–Kier alpha value is -0.610. The molecular weight excluding hydrogens is 168 g/mol. The van der Waals surface area contributed by atoms with Crippen LogP contribution < -0.4 is 10.6 Å². The van der Waals surface area contributed by atoms with Gasteiger partial charge in [-0.25, -0.2) is 0 Å². The lowest BCUT2D eigenvalue weighted by Gasteiger charge is -2.13. The van der Waals surface area contributed by atoms with Crippen molar-refractivity contribution >= 4 is 5.91 Å². The van der Waals surface area contributed by atoms with Crippen LogP contribution in [0.1, 0.15) is 12.8 Å². The molecule has 0 radical (unpaired) electrons. The highest BCUT2D eigenvalue weighted by molar-refractivity contribution is 5.79. The molecule has 0 aromatic heterocycles. The van der Waals surface area contributed by atoms with Gasteiger partial charge in [0.15, 0.2) is 0 Å². The number of ether oxygens (including phenoxy) is 1. The van der Waals surface area contributed by atoms with Crippen LogP contribution >= 0.6 is 0 Å². The first kappa shape index (κ1) is 8.97. The summed E-state index contributed by atoms with van der Waals surface area (Å²) in [6, 6.07) is 0.257. The lowest BCUT2D eigenvalue weighted by molar-refractivity contribution is -0.125. The van der Waals surface area contributed by atoms with Gasteiger partial charge in [-0.05, 0) is 19.4 Å². The van der Waals surface area contributed by atoms with E-state index in [4.69, 9.17) is 4.74 Å². The van der Waals surface area contributed by atoms with Crippen LogP contribution in [0, 0.1) is 5.92 Å². The summed E-state index contributed by atoms with van der Waals surface area (Å²) in [6.07, 6.45) is 1.94. The first-order valence-electron chi connectivity index (χ1n) is 4.95. The molecule has 0 aromatic carbocycles. The molecule has 0 aliphatic carbocycles. The van der Waals surface area contributed by atoms with Gasteiger partial charge in [0.05, 0.1) is 18.6 Å². The van der Waals surface area contributed by atoms with Crippen LogP contribution in [0.4, 0.5) is 0 Å². The molecule has 2 aliphatic heterocycles. The highest BCUT2D eigenvalue weighted by atomic mass is 16.5. The summed E-state index contributed by atoms with van der Waals surface area (Å²) >= 11 is 0. The lowest BCUT2D eigenvalue weighted by Crippen LogP contribution is -2.39. The van der Waals surface area contributed by atoms with Gasteiger partial charge in [-0.3, -0.25) is 4.79 Å². The summed E-state index contributed by atoms with van der Waals surface area (Å²) in [5.41, 5.74) is 0. The zero-order chi connectivity index (χ0) is 9.10. The van der Waals surface area contributed by atoms with E-state index in [1.54, 1.807) is 0 Å². The average Bonchev–Trinajstić information content (AvgIpc) is 2.74. The molecule has 2 heterocycles. The normalized spacial score (nSPS) is 33.5. The van der Waals surface area contributed by atoms with Crippen LogP contribution in [-0.2, 0) is 9.53 Å². The summed E-state index contributed by atoms with van der Waals surface area (Å²) in [5, 5.41) is 6.20. The number of carbonyl (C=O) groups excluding carboxylic acids is 1. The standard InChI is InChI=1S/C9H16N2O2/c12-9(7-1-3-10-5-7)11-8-2-4-13-6-8/h7-8,10H,1-6H2,(H,11,12). The van der Waals surface area contributed by atoms with Gasteiger partial charge in [-0.15, -0.1) is 0 Å². The number of nitrogens with one attached hydrogen (secondary N) is 2. The summed E-state index contributed by atoms with van der Waals surface area (Å²) < 4.78 is 5.19. The molecule has 2 N–H and O–H groups in total. The number of hydrogen-bond acceptors (Lipinski definition) is 3. The molecule has 74 valence electrons. The molecule has 4 heteroatoms. The smallest absolute Gasteiger partial charge is 0.224 e. The Kier molecular flexibility index (Phi) is 2.80. The van der Waals surface area contributed by atoms with E-state index in [0.29, 0.717) is 6.61 Å². The number of carbonyl (C=O) groups is 1. The predicted octanol–water partition coefficient (Wildman–Crippen LogP) is -0.499. The average molecular weight is 184 g/mol. The number of amides is 1. The van der Waals surface area contributed by atoms with E-state index in [2.05, 4.69) is 10.6 Å². The SMILES string of the molecule is O=C(NC1CCOC1)C1CCNC1. The fraction of sp³-hybridized carbons (Fsp3) is 0.889. The Morgan fingerprint density at radius 3 is 3.00 bits per heavy atom. The van der Waals surface area contributed by atoms with Crippen LogP contribution in [0.15, 0.2) is 0 Å². The molecule has 2 fully saturated rings. The van der Waals surface area contributed by atoms with Crippen LogP contribution in [0.5, 0.6) is 0 Å². The van der Waals surface area contributed by atoms with Gasteiger partial charge in [0, 0.05) is 13.2 Å². The summed E-state index contributed by atoms with van der Waals surface area (Å²) in [6.45, 7) is 3.28. The first-order valence-corrected chi connectivity index (χ1v) is 4.95. The van der Waals surface area contributed by atoms with Crippen molar-refractivity contribution in [2.75, 3.05) is 26.3 Å². The summed E-state index contributed by atoms with van der Waals surface area (Å²) in [5.74, 6) is 0.376. The molecule has 13 heavy (non-hydrogen) atoms. The minimum Gasteiger partial charge on any atom is -0.379 e. The molecule has 0 spiro atoms. The van der Waals surface area contributed by atoms with Gasteiger partial charge in [-0.1, -0.05) is 0 Å². The van der Waals surface area contributed by atoms with Crippen molar-refractivity contribution in [1.29, 1.82) is 0 Å². The molecule has 0 saturated carbocycles. The molecule has 0 bridgehead atoms. The number of hydrogen-bond donors (Lipinski definition) is 2. The molecule has 2 unspecified atom stereocenters. The van der Waals surface area contributed by atoms with E-state index >= 15 is 0 Å². The van der Waals surface area contributed by atoms with E-state index in [-0.39, 0.29) is 17.9 Å². The van der Waals surface area contributed by atoms with Crippen molar-refractivity contribution in [2.24, 2.45) is 5.92 Å². The van der Waals surface area contributed by atoms with Crippen molar-refractivity contribution in [3.63, 3.8) is 0 Å². The fourth-order valence-electron chi connectivity index (χ4n) is 1.85. The van der Waals surface area contributed by atoms with Crippen LogP contribution in [0.25, 0.3) is 0 Å². The topological polar surface area (TPSA) is 50.4 Å². The Morgan fingerprint density at radius 1 is 1.46 bits per heavy atom. The van der Waals surface area contributed by atoms with Crippen LogP contribution in [0.2, 0.25) is 0 Å². The Bertz CT molecular complexity index is 184. The maximum Gasteiger partial charge on any atom is 0.224 e. The molecule has 1 amide bonds. The zero-order valence-corrected chi connectivity index (χ0v) is 7.71. The molecule has 0 aromatic rings. The summed E-state index contributed by atoms with van der Waals surface area (Å²) in [7, 11) is 0. The Labute approximate surface area is 78.0 Å². The molecule has 2 rings (SSSR count). The van der Waals surface area contributed by atoms with Gasteiger partial charge in [0.2, 0.25) is 5.91 Å². The summed E-state index contributed by atoms with van der Waals surface area (Å²) in [4.78, 5) is 11.6. The monoisotopic (exact) mass is 184 g/mol. The van der Waals surface area contributed by atoms with Gasteiger partial charge in [-0.2, -0.15) is 0 Å². The van der Waals surface area contributed by atoms with E-state index in [1.807, 2.05) is 0 Å². The molecule has 2 saturated heterocycles. The van der Waals surface area contributed by atoms with Gasteiger partial charge in [0.25, 0.3) is 0 Å². The lowest BCUT2D eigenvalue weighted by atomic mass is 10.1. The third kappa shape index (κ3) is 2.19. The van der Waals surface area contributed by atoms with Crippen molar-refractivity contribution in [1.82, 2.24) is 10.6 Å². The second-order valence-corrected chi connectivity index (χ2v) is 3.76. The van der Waals surface area contributed by atoms with Gasteiger partial charge >= 0.3 is 0 Å². The quantitative estimate of drug-likeness (QED) is 0.608. The molecular formula is C9H16N2O2. The second kappa shape index (κ2) is 4.07. The van der Waals surface area contributed by atoms with E-state index in [9.17, 15) is 4.79 Å².